The van der Waals surface area contributed by atoms with Crippen LogP contribution in [0.15, 0.2) is 24.3 Å². The van der Waals surface area contributed by atoms with Crippen LogP contribution in [-0.2, 0) is 28.7 Å². The highest BCUT2D eigenvalue weighted by atomic mass is 19.1. The Bertz CT molecular complexity index is 686. The van der Waals surface area contributed by atoms with E-state index in [-0.39, 0.29) is 12.3 Å². The number of anilines is 1. The predicted molar refractivity (Wildman–Crippen MR) is 79.5 cm³/mol. The molecule has 0 spiro atoms. The highest BCUT2D eigenvalue weighted by molar-refractivity contribution is 6.32. The Kier molecular flexibility index (Phi) is 4.96. The fourth-order valence-corrected chi connectivity index (χ4v) is 2.52. The Morgan fingerprint density at radius 3 is 2.42 bits per heavy atom. The van der Waals surface area contributed by atoms with Gasteiger partial charge in [0.2, 0.25) is 5.41 Å². The van der Waals surface area contributed by atoms with Crippen molar-refractivity contribution in [1.29, 1.82) is 0 Å². The molecule has 24 heavy (non-hydrogen) atoms. The minimum atomic E-state index is -2.27. The molecule has 0 N–H and O–H groups in total. The van der Waals surface area contributed by atoms with Gasteiger partial charge in [-0.1, -0.05) is 0 Å². The number of esters is 2. The number of nitrogens with zero attached hydrogens (tertiary/aromatic N) is 1. The van der Waals surface area contributed by atoms with Crippen LogP contribution >= 0.6 is 0 Å². The summed E-state index contributed by atoms with van der Waals surface area (Å²) in [4.78, 5) is 50.3. The van der Waals surface area contributed by atoms with E-state index in [4.69, 9.17) is 4.74 Å². The average molecular weight is 337 g/mol. The van der Waals surface area contributed by atoms with E-state index in [9.17, 15) is 23.6 Å². The van der Waals surface area contributed by atoms with Gasteiger partial charge in [0.15, 0.2) is 5.78 Å². The van der Waals surface area contributed by atoms with E-state index >= 15 is 0 Å². The van der Waals surface area contributed by atoms with Gasteiger partial charge in [-0.3, -0.25) is 19.2 Å². The van der Waals surface area contributed by atoms with Crippen LogP contribution in [0.5, 0.6) is 0 Å². The first-order chi connectivity index (χ1) is 11.4. The van der Waals surface area contributed by atoms with Gasteiger partial charge >= 0.3 is 11.9 Å². The van der Waals surface area contributed by atoms with E-state index in [0.717, 1.165) is 24.1 Å². The Balaban J connectivity index is 2.44. The topological polar surface area (TPSA) is 90.0 Å². The minimum Gasteiger partial charge on any atom is -0.469 e. The highest BCUT2D eigenvalue weighted by Crippen LogP contribution is 2.37. The van der Waals surface area contributed by atoms with Gasteiger partial charge in [0, 0.05) is 5.69 Å². The molecule has 1 aliphatic rings. The maximum Gasteiger partial charge on any atom is 0.330 e. The second-order valence-corrected chi connectivity index (χ2v) is 5.17. The van der Waals surface area contributed by atoms with Crippen LogP contribution in [0, 0.1) is 11.2 Å². The van der Waals surface area contributed by atoms with Crippen LogP contribution in [0.4, 0.5) is 10.1 Å². The molecule has 0 aromatic heterocycles. The molecule has 1 saturated heterocycles. The first-order valence-electron chi connectivity index (χ1n) is 7.21. The second-order valence-electron chi connectivity index (χ2n) is 5.17. The summed E-state index contributed by atoms with van der Waals surface area (Å²) in [6.45, 7) is 1.05. The van der Waals surface area contributed by atoms with Crippen molar-refractivity contribution in [3.05, 3.63) is 30.1 Å². The number of amides is 1. The van der Waals surface area contributed by atoms with Gasteiger partial charge < -0.3 is 14.4 Å². The second kappa shape index (κ2) is 6.77. The van der Waals surface area contributed by atoms with Gasteiger partial charge in [0.05, 0.1) is 26.7 Å². The van der Waals surface area contributed by atoms with E-state index in [1.165, 1.54) is 19.1 Å². The fourth-order valence-electron chi connectivity index (χ4n) is 2.52. The van der Waals surface area contributed by atoms with Crippen LogP contribution in [-0.4, -0.2) is 43.9 Å². The Labute approximate surface area is 137 Å². The number of carbonyl (C=O) groups is 4. The van der Waals surface area contributed by atoms with E-state index < -0.39 is 47.8 Å². The molecular weight excluding hydrogens is 321 g/mol. The van der Waals surface area contributed by atoms with Crippen molar-refractivity contribution < 1.29 is 33.0 Å². The van der Waals surface area contributed by atoms with Crippen molar-refractivity contribution in [2.75, 3.05) is 25.2 Å². The van der Waals surface area contributed by atoms with Gasteiger partial charge in [-0.05, 0) is 31.2 Å². The smallest absolute Gasteiger partial charge is 0.330 e. The van der Waals surface area contributed by atoms with E-state index in [1.54, 1.807) is 0 Å². The lowest BCUT2D eigenvalue weighted by Crippen LogP contribution is -2.47. The Morgan fingerprint density at radius 2 is 1.88 bits per heavy atom. The summed E-state index contributed by atoms with van der Waals surface area (Å²) in [7, 11) is 1.09. The van der Waals surface area contributed by atoms with Crippen molar-refractivity contribution in [3.63, 3.8) is 0 Å². The Morgan fingerprint density at radius 1 is 1.25 bits per heavy atom. The number of hydrogen-bond acceptors (Lipinski definition) is 6. The zero-order valence-electron chi connectivity index (χ0n) is 13.2. The molecule has 1 aromatic rings. The van der Waals surface area contributed by atoms with Crippen molar-refractivity contribution in [2.24, 2.45) is 5.41 Å². The molecule has 0 radical (unpaired) electrons. The number of Topliss-reactive ketones (excluding diaryl/α,β-unsaturated/α-hetero) is 1. The largest absolute Gasteiger partial charge is 0.469 e. The third kappa shape index (κ3) is 2.86. The van der Waals surface area contributed by atoms with Crippen LogP contribution in [0.2, 0.25) is 0 Å². The third-order valence-corrected chi connectivity index (χ3v) is 3.79. The van der Waals surface area contributed by atoms with Crippen LogP contribution in [0.1, 0.15) is 13.3 Å². The quantitative estimate of drug-likeness (QED) is 0.585. The lowest BCUT2D eigenvalue weighted by atomic mass is 9.81. The number of rotatable bonds is 5. The molecule has 7 nitrogen and oxygen atoms in total. The average Bonchev–Trinajstić information content (AvgIpc) is 2.81. The summed E-state index contributed by atoms with van der Waals surface area (Å²) in [6.07, 6.45) is -0.738. The maximum absolute atomic E-state index is 13.0. The Hall–Kier alpha value is -2.77. The molecule has 1 fully saturated rings. The molecule has 1 amide bonds. The molecular formula is C16H16FNO6. The molecule has 1 heterocycles. The van der Waals surface area contributed by atoms with Gasteiger partial charge in [-0.25, -0.2) is 4.39 Å². The number of hydrogen-bond donors (Lipinski definition) is 0. The van der Waals surface area contributed by atoms with Crippen molar-refractivity contribution >= 4 is 29.3 Å². The number of benzene rings is 1. The van der Waals surface area contributed by atoms with Crippen molar-refractivity contribution in [2.45, 2.75) is 13.3 Å². The SMILES string of the molecule is CCOC(=O)C1(CC(=O)OC)C(=O)CN(c2ccc(F)cc2)C1=O. The summed E-state index contributed by atoms with van der Waals surface area (Å²) in [6, 6.07) is 4.86. The highest BCUT2D eigenvalue weighted by Gasteiger charge is 2.62. The lowest BCUT2D eigenvalue weighted by molar-refractivity contribution is -0.166. The van der Waals surface area contributed by atoms with Crippen molar-refractivity contribution in [1.82, 2.24) is 0 Å². The molecule has 8 heteroatoms. The molecule has 128 valence electrons. The zero-order valence-corrected chi connectivity index (χ0v) is 13.2. The van der Waals surface area contributed by atoms with Crippen molar-refractivity contribution in [3.8, 4) is 0 Å². The van der Waals surface area contributed by atoms with Crippen LogP contribution in [0.25, 0.3) is 0 Å². The summed E-state index contributed by atoms with van der Waals surface area (Å²) < 4.78 is 22.4. The van der Waals surface area contributed by atoms with Gasteiger partial charge in [0.1, 0.15) is 5.82 Å². The lowest BCUT2D eigenvalue weighted by Gasteiger charge is -2.23. The minimum absolute atomic E-state index is 0.0567. The molecule has 1 unspecified atom stereocenters. The van der Waals surface area contributed by atoms with Gasteiger partial charge in [-0.15, -0.1) is 0 Å². The van der Waals surface area contributed by atoms with Gasteiger partial charge in [0.25, 0.3) is 5.91 Å². The summed E-state index contributed by atoms with van der Waals surface area (Å²) in [5.74, 6) is -4.13. The standard InChI is InChI=1S/C16H16FNO6/c1-3-24-15(22)16(8-13(20)23-2)12(19)9-18(14(16)21)11-6-4-10(17)5-7-11/h4-7H,3,8-9H2,1-2H3. The summed E-state index contributed by atoms with van der Waals surface area (Å²) >= 11 is 0. The molecule has 0 aliphatic carbocycles. The summed E-state index contributed by atoms with van der Waals surface area (Å²) in [5, 5.41) is 0. The first-order valence-corrected chi connectivity index (χ1v) is 7.21. The summed E-state index contributed by atoms with van der Waals surface area (Å²) in [5.41, 5.74) is -2.02. The molecule has 1 aliphatic heterocycles. The zero-order chi connectivity index (χ0) is 17.9. The monoisotopic (exact) mass is 337 g/mol. The molecule has 0 saturated carbocycles. The first kappa shape index (κ1) is 17.6. The third-order valence-electron chi connectivity index (χ3n) is 3.79. The van der Waals surface area contributed by atoms with E-state index in [0.29, 0.717) is 0 Å². The molecule has 1 aromatic carbocycles. The van der Waals surface area contributed by atoms with E-state index in [2.05, 4.69) is 4.74 Å². The number of ether oxygens (including phenoxy) is 2. The number of ketones is 1. The van der Waals surface area contributed by atoms with E-state index in [1.807, 2.05) is 0 Å². The molecule has 2 rings (SSSR count). The van der Waals surface area contributed by atoms with Gasteiger partial charge in [-0.2, -0.15) is 0 Å². The maximum atomic E-state index is 13.0. The predicted octanol–water partition coefficient (Wildman–Crippen LogP) is 0.854. The number of carbonyl (C=O) groups excluding carboxylic acids is 4. The number of methoxy groups -OCH3 is 1. The van der Waals surface area contributed by atoms with Crippen LogP contribution < -0.4 is 4.90 Å². The molecule has 0 bridgehead atoms. The normalized spacial score (nSPS) is 20.2. The molecule has 1 atom stereocenters. The number of halogens is 1. The van der Waals surface area contributed by atoms with Crippen LogP contribution in [0.3, 0.4) is 0 Å². The fraction of sp³-hybridized carbons (Fsp3) is 0.375.